The van der Waals surface area contributed by atoms with Crippen LogP contribution in [-0.4, -0.2) is 34.3 Å². The first-order chi connectivity index (χ1) is 15.4. The Bertz CT molecular complexity index is 1070. The Morgan fingerprint density at radius 1 is 1.06 bits per heavy atom. The number of hydrogen-bond donors (Lipinski definition) is 1. The minimum Gasteiger partial charge on any atom is -0.507 e. The van der Waals surface area contributed by atoms with Crippen LogP contribution in [0.2, 0.25) is 0 Å². The summed E-state index contributed by atoms with van der Waals surface area (Å²) in [5, 5.41) is 11.4. The smallest absolute Gasteiger partial charge is 0.295 e. The van der Waals surface area contributed by atoms with E-state index in [1.807, 2.05) is 63.2 Å². The summed E-state index contributed by atoms with van der Waals surface area (Å²) in [6.07, 6.45) is 4.97. The van der Waals surface area contributed by atoms with Gasteiger partial charge in [-0.25, -0.2) is 0 Å². The number of benzene rings is 2. The molecule has 2 aromatic rings. The van der Waals surface area contributed by atoms with Crippen molar-refractivity contribution in [1.29, 1.82) is 0 Å². The van der Waals surface area contributed by atoms with E-state index >= 15 is 0 Å². The number of hydrogen-bond acceptors (Lipinski definition) is 4. The zero-order valence-electron chi connectivity index (χ0n) is 19.1. The topological polar surface area (TPSA) is 66.8 Å². The van der Waals surface area contributed by atoms with Crippen molar-refractivity contribution >= 4 is 17.4 Å². The molecule has 0 aromatic heterocycles. The molecule has 1 atom stereocenters. The zero-order valence-corrected chi connectivity index (χ0v) is 19.1. The fourth-order valence-corrected chi connectivity index (χ4v) is 4.99. The van der Waals surface area contributed by atoms with Gasteiger partial charge in [-0.15, -0.1) is 0 Å². The molecule has 5 heteroatoms. The number of aryl methyl sites for hydroxylation is 2. The van der Waals surface area contributed by atoms with Crippen molar-refractivity contribution in [1.82, 2.24) is 4.90 Å². The Labute approximate surface area is 189 Å². The monoisotopic (exact) mass is 433 g/mol. The van der Waals surface area contributed by atoms with Gasteiger partial charge in [0.1, 0.15) is 11.5 Å². The third kappa shape index (κ3) is 4.04. The zero-order chi connectivity index (χ0) is 22.8. The summed E-state index contributed by atoms with van der Waals surface area (Å²) >= 11 is 0. The number of ketones is 1. The lowest BCUT2D eigenvalue weighted by Gasteiger charge is -2.35. The molecular formula is C27H31NO4. The fraction of sp³-hybridized carbons (Fsp3) is 0.407. The molecule has 1 aliphatic heterocycles. The molecule has 2 aromatic carbocycles. The van der Waals surface area contributed by atoms with E-state index in [9.17, 15) is 14.7 Å². The third-order valence-corrected chi connectivity index (χ3v) is 6.58. The second-order valence-electron chi connectivity index (χ2n) is 8.82. The molecule has 0 bridgehead atoms. The molecule has 2 aliphatic rings. The number of ether oxygens (including phenoxy) is 1. The van der Waals surface area contributed by atoms with Crippen LogP contribution in [-0.2, 0) is 9.59 Å². The largest absolute Gasteiger partial charge is 0.507 e. The van der Waals surface area contributed by atoms with Gasteiger partial charge in [0, 0.05) is 11.6 Å². The highest BCUT2D eigenvalue weighted by atomic mass is 16.5. The van der Waals surface area contributed by atoms with Crippen LogP contribution in [0.3, 0.4) is 0 Å². The van der Waals surface area contributed by atoms with Crippen LogP contribution in [0.15, 0.2) is 48.0 Å². The molecule has 4 rings (SSSR count). The Kier molecular flexibility index (Phi) is 6.35. The fourth-order valence-electron chi connectivity index (χ4n) is 4.99. The minimum atomic E-state index is -0.626. The van der Waals surface area contributed by atoms with Crippen molar-refractivity contribution in [2.75, 3.05) is 6.61 Å². The number of amides is 1. The average molecular weight is 434 g/mol. The first-order valence-electron chi connectivity index (χ1n) is 11.5. The Morgan fingerprint density at radius 2 is 1.81 bits per heavy atom. The van der Waals surface area contributed by atoms with Gasteiger partial charge in [0.25, 0.3) is 11.7 Å². The van der Waals surface area contributed by atoms with Crippen molar-refractivity contribution in [3.8, 4) is 5.75 Å². The van der Waals surface area contributed by atoms with E-state index in [0.717, 1.165) is 48.8 Å². The highest BCUT2D eigenvalue weighted by molar-refractivity contribution is 6.46. The summed E-state index contributed by atoms with van der Waals surface area (Å²) in [5.41, 5.74) is 3.39. The number of carbonyl (C=O) groups is 2. The van der Waals surface area contributed by atoms with Crippen molar-refractivity contribution in [3.63, 3.8) is 0 Å². The maximum absolute atomic E-state index is 13.3. The minimum absolute atomic E-state index is 0.00939. The molecule has 1 saturated heterocycles. The van der Waals surface area contributed by atoms with Crippen LogP contribution in [0, 0.1) is 13.8 Å². The number of likely N-dealkylation sites (tertiary alicyclic amines) is 1. The molecule has 168 valence electrons. The van der Waals surface area contributed by atoms with E-state index in [1.54, 1.807) is 4.90 Å². The summed E-state index contributed by atoms with van der Waals surface area (Å²) in [7, 11) is 0. The van der Waals surface area contributed by atoms with Gasteiger partial charge < -0.3 is 14.7 Å². The van der Waals surface area contributed by atoms with Gasteiger partial charge in [0.05, 0.1) is 18.2 Å². The van der Waals surface area contributed by atoms with Crippen LogP contribution in [0.25, 0.3) is 5.76 Å². The predicted octanol–water partition coefficient (Wildman–Crippen LogP) is 5.46. The van der Waals surface area contributed by atoms with Gasteiger partial charge in [-0.1, -0.05) is 49.1 Å². The van der Waals surface area contributed by atoms with Crippen molar-refractivity contribution < 1.29 is 19.4 Å². The molecular weight excluding hydrogens is 402 g/mol. The number of Topliss-reactive ketones (excluding diaryl/α,β-unsaturated/α-hetero) is 1. The Hall–Kier alpha value is -3.08. The maximum Gasteiger partial charge on any atom is 0.295 e. The Morgan fingerprint density at radius 3 is 2.53 bits per heavy atom. The van der Waals surface area contributed by atoms with Gasteiger partial charge in [0.15, 0.2) is 0 Å². The molecule has 0 radical (unpaired) electrons. The first kappa shape index (κ1) is 22.1. The molecule has 1 amide bonds. The van der Waals surface area contributed by atoms with Crippen LogP contribution in [0.5, 0.6) is 5.75 Å². The number of aliphatic hydroxyl groups excluding tert-OH is 1. The highest BCUT2D eigenvalue weighted by Gasteiger charge is 2.49. The standard InChI is InChI=1S/C27H31NO4/c1-4-32-21-12-8-9-19(16-21)24-23(25(29)22-15-17(2)13-14-18(22)3)26(30)27(31)28(24)20-10-6-5-7-11-20/h8-9,12-16,20,24,29H,4-7,10-11H2,1-3H3/b25-23+. The molecule has 0 spiro atoms. The van der Waals surface area contributed by atoms with Gasteiger partial charge in [-0.2, -0.15) is 0 Å². The van der Waals surface area contributed by atoms with E-state index in [-0.39, 0.29) is 17.4 Å². The number of carbonyl (C=O) groups excluding carboxylic acids is 2. The van der Waals surface area contributed by atoms with Gasteiger partial charge in [-0.3, -0.25) is 9.59 Å². The third-order valence-electron chi connectivity index (χ3n) is 6.58. The summed E-state index contributed by atoms with van der Waals surface area (Å²) in [6.45, 7) is 6.28. The molecule has 1 N–H and O–H groups in total. The second-order valence-corrected chi connectivity index (χ2v) is 8.82. The molecule has 1 heterocycles. The van der Waals surface area contributed by atoms with Gasteiger partial charge >= 0.3 is 0 Å². The Balaban J connectivity index is 1.90. The van der Waals surface area contributed by atoms with Crippen LogP contribution < -0.4 is 4.74 Å². The predicted molar refractivity (Wildman–Crippen MR) is 125 cm³/mol. The van der Waals surface area contributed by atoms with Crippen LogP contribution in [0.4, 0.5) is 0 Å². The summed E-state index contributed by atoms with van der Waals surface area (Å²) in [4.78, 5) is 28.3. The van der Waals surface area contributed by atoms with Gasteiger partial charge in [0.2, 0.25) is 0 Å². The summed E-state index contributed by atoms with van der Waals surface area (Å²) < 4.78 is 5.69. The number of rotatable bonds is 5. The van der Waals surface area contributed by atoms with Crippen LogP contribution in [0.1, 0.15) is 67.3 Å². The van der Waals surface area contributed by atoms with E-state index in [0.29, 0.717) is 17.9 Å². The lowest BCUT2D eigenvalue weighted by atomic mass is 9.90. The lowest BCUT2D eigenvalue weighted by Crippen LogP contribution is -2.40. The molecule has 1 unspecified atom stereocenters. The van der Waals surface area contributed by atoms with Crippen molar-refractivity contribution in [2.24, 2.45) is 0 Å². The summed E-state index contributed by atoms with van der Waals surface area (Å²) in [6, 6.07) is 12.7. The molecule has 5 nitrogen and oxygen atoms in total. The lowest BCUT2D eigenvalue weighted by molar-refractivity contribution is -0.141. The second kappa shape index (κ2) is 9.19. The summed E-state index contributed by atoms with van der Waals surface area (Å²) in [5.74, 6) is -0.544. The van der Waals surface area contributed by atoms with Crippen LogP contribution >= 0.6 is 0 Å². The van der Waals surface area contributed by atoms with E-state index < -0.39 is 17.7 Å². The quantitative estimate of drug-likeness (QED) is 0.386. The molecule has 2 fully saturated rings. The molecule has 1 aliphatic carbocycles. The van der Waals surface area contributed by atoms with E-state index in [2.05, 4.69) is 0 Å². The molecule has 1 saturated carbocycles. The van der Waals surface area contributed by atoms with Crippen molar-refractivity contribution in [3.05, 3.63) is 70.3 Å². The van der Waals surface area contributed by atoms with E-state index in [1.165, 1.54) is 0 Å². The number of nitrogens with zero attached hydrogens (tertiary/aromatic N) is 1. The SMILES string of the molecule is CCOc1cccc(C2/C(=C(\O)c3cc(C)ccc3C)C(=O)C(=O)N2C2CCCCC2)c1. The van der Waals surface area contributed by atoms with Crippen molar-refractivity contribution in [2.45, 2.75) is 65.0 Å². The average Bonchev–Trinajstić information content (AvgIpc) is 3.06. The highest BCUT2D eigenvalue weighted by Crippen LogP contribution is 2.44. The van der Waals surface area contributed by atoms with Gasteiger partial charge in [-0.05, 0) is 62.9 Å². The molecule has 32 heavy (non-hydrogen) atoms. The maximum atomic E-state index is 13.3. The first-order valence-corrected chi connectivity index (χ1v) is 11.5. The number of aliphatic hydroxyl groups is 1. The van der Waals surface area contributed by atoms with E-state index in [4.69, 9.17) is 4.74 Å². The normalized spacial score (nSPS) is 21.2.